The zero-order chi connectivity index (χ0) is 29.2. The van der Waals surface area contributed by atoms with E-state index in [-0.39, 0.29) is 29.8 Å². The highest BCUT2D eigenvalue weighted by Crippen LogP contribution is 2.65. The van der Waals surface area contributed by atoms with Gasteiger partial charge >= 0.3 is 0 Å². The highest BCUT2D eigenvalue weighted by Gasteiger charge is 2.72. The second kappa shape index (κ2) is 9.90. The van der Waals surface area contributed by atoms with Crippen LogP contribution in [0.2, 0.25) is 0 Å². The van der Waals surface area contributed by atoms with Crippen molar-refractivity contribution in [2.45, 2.75) is 75.2 Å². The van der Waals surface area contributed by atoms with Crippen LogP contribution in [0.3, 0.4) is 0 Å². The summed E-state index contributed by atoms with van der Waals surface area (Å²) in [5.74, 6) is 6.28. The average molecular weight is 563 g/mol. The number of amides is 1. The minimum Gasteiger partial charge on any atom is -0.504 e. The van der Waals surface area contributed by atoms with Crippen molar-refractivity contribution in [3.8, 4) is 23.3 Å². The Morgan fingerprint density at radius 2 is 1.93 bits per heavy atom. The number of aryl methyl sites for hydroxylation is 2. The number of rotatable bonds is 4. The summed E-state index contributed by atoms with van der Waals surface area (Å²) in [6.45, 7) is 5.80. The molecule has 42 heavy (non-hydrogen) atoms. The predicted octanol–water partition coefficient (Wildman–Crippen LogP) is 4.28. The summed E-state index contributed by atoms with van der Waals surface area (Å²) in [5, 5.41) is 23.8. The number of phenols is 1. The predicted molar refractivity (Wildman–Crippen MR) is 162 cm³/mol. The molecule has 3 aromatic carbocycles. The van der Waals surface area contributed by atoms with Gasteiger partial charge < -0.3 is 19.8 Å². The fraction of sp³-hybridized carbons (Fsp3) is 0.417. The van der Waals surface area contributed by atoms with E-state index >= 15 is 0 Å². The van der Waals surface area contributed by atoms with Crippen molar-refractivity contribution in [2.24, 2.45) is 0 Å². The van der Waals surface area contributed by atoms with E-state index in [9.17, 15) is 15.0 Å². The summed E-state index contributed by atoms with van der Waals surface area (Å²) in [6.07, 6.45) is 3.04. The van der Waals surface area contributed by atoms with Crippen LogP contribution in [0.4, 0.5) is 0 Å². The van der Waals surface area contributed by atoms with Gasteiger partial charge in [-0.15, -0.1) is 0 Å². The van der Waals surface area contributed by atoms with Crippen LogP contribution in [0.15, 0.2) is 60.7 Å². The molecule has 1 saturated carbocycles. The maximum atomic E-state index is 13.4. The number of carbonyl (C=O) groups excluding carboxylic acids is 1. The average Bonchev–Trinajstić information content (AvgIpc) is 3.33. The van der Waals surface area contributed by atoms with Gasteiger partial charge in [-0.1, -0.05) is 48.4 Å². The van der Waals surface area contributed by atoms with Crippen LogP contribution in [0.5, 0.6) is 11.5 Å². The zero-order valence-corrected chi connectivity index (χ0v) is 24.6. The number of benzene rings is 3. The number of ether oxygens (including phenoxy) is 1. The maximum absolute atomic E-state index is 13.4. The maximum Gasteiger partial charge on any atom is 0.298 e. The Morgan fingerprint density at radius 1 is 1.12 bits per heavy atom. The number of hydrogen-bond acceptors (Lipinski definition) is 5. The lowest BCUT2D eigenvalue weighted by atomic mass is 9.48. The van der Waals surface area contributed by atoms with E-state index in [0.717, 1.165) is 48.2 Å². The fourth-order valence-corrected chi connectivity index (χ4v) is 8.31. The Balaban J connectivity index is 1.21. The number of aliphatic hydroxyl groups is 1. The van der Waals surface area contributed by atoms with Crippen molar-refractivity contribution >= 4 is 5.91 Å². The van der Waals surface area contributed by atoms with Crippen molar-refractivity contribution in [3.63, 3.8) is 0 Å². The number of piperidine rings is 1. The first-order valence-electron chi connectivity index (χ1n) is 15.1. The molecule has 0 radical (unpaired) electrons. The monoisotopic (exact) mass is 562 g/mol. The summed E-state index contributed by atoms with van der Waals surface area (Å²) < 4.78 is 6.55. The Kier molecular flexibility index (Phi) is 6.38. The molecule has 2 heterocycles. The SMILES string of the molecule is Cc1ccc(C#CC(=O)N(C)[C@@H]2C[C@@H]3Oc4c(O)ccc5c4[C@@]34CCN(CCc3ccccc3)[C@H](C5)[C@]4(O)C2)cc1C. The molecule has 3 aromatic rings. The first-order valence-corrected chi connectivity index (χ1v) is 15.1. The summed E-state index contributed by atoms with van der Waals surface area (Å²) in [6, 6.07) is 19.8. The quantitative estimate of drug-likeness (QED) is 0.465. The van der Waals surface area contributed by atoms with Crippen LogP contribution in [0.1, 0.15) is 52.6 Å². The van der Waals surface area contributed by atoms with Crippen LogP contribution < -0.4 is 4.74 Å². The number of phenolic OH excluding ortho intramolecular Hbond substituents is 1. The molecule has 1 spiro atoms. The second-order valence-electron chi connectivity index (χ2n) is 12.8. The normalized spacial score (nSPS) is 28.7. The molecule has 0 unspecified atom stereocenters. The largest absolute Gasteiger partial charge is 0.504 e. The van der Waals surface area contributed by atoms with E-state index in [0.29, 0.717) is 25.0 Å². The lowest BCUT2D eigenvalue weighted by Gasteiger charge is -2.64. The van der Waals surface area contributed by atoms with Gasteiger partial charge in [0, 0.05) is 49.1 Å². The van der Waals surface area contributed by atoms with Crippen molar-refractivity contribution in [3.05, 3.63) is 94.0 Å². The van der Waals surface area contributed by atoms with Crippen LogP contribution in [0, 0.1) is 25.7 Å². The molecule has 6 nitrogen and oxygen atoms in total. The van der Waals surface area contributed by atoms with Gasteiger partial charge in [-0.2, -0.15) is 0 Å². The summed E-state index contributed by atoms with van der Waals surface area (Å²) in [4.78, 5) is 17.5. The minimum atomic E-state index is -1.11. The molecule has 5 atom stereocenters. The number of nitrogens with zero attached hydrogens (tertiary/aromatic N) is 2. The van der Waals surface area contributed by atoms with Gasteiger partial charge in [0.15, 0.2) is 11.5 Å². The summed E-state index contributed by atoms with van der Waals surface area (Å²) in [7, 11) is 1.79. The van der Waals surface area contributed by atoms with E-state index in [2.05, 4.69) is 47.9 Å². The highest BCUT2D eigenvalue weighted by atomic mass is 16.5. The molecule has 2 N–H and O–H groups in total. The Hall–Kier alpha value is -3.79. The van der Waals surface area contributed by atoms with E-state index in [4.69, 9.17) is 4.74 Å². The topological polar surface area (TPSA) is 73.2 Å². The van der Waals surface area contributed by atoms with Crippen LogP contribution in [-0.2, 0) is 23.1 Å². The zero-order valence-electron chi connectivity index (χ0n) is 24.6. The van der Waals surface area contributed by atoms with Crippen molar-refractivity contribution in [2.75, 3.05) is 20.1 Å². The molecule has 216 valence electrons. The molecule has 2 aliphatic carbocycles. The molecule has 0 aromatic heterocycles. The van der Waals surface area contributed by atoms with E-state index in [1.807, 2.05) is 37.3 Å². The van der Waals surface area contributed by atoms with Crippen LogP contribution in [0.25, 0.3) is 0 Å². The molecule has 1 amide bonds. The van der Waals surface area contributed by atoms with Crippen LogP contribution in [-0.4, -0.2) is 69.8 Å². The molecule has 7 rings (SSSR count). The molecular weight excluding hydrogens is 524 g/mol. The third-order valence-electron chi connectivity index (χ3n) is 10.7. The Labute approximate surface area is 247 Å². The minimum absolute atomic E-state index is 0.114. The van der Waals surface area contributed by atoms with Gasteiger partial charge in [0.1, 0.15) is 6.10 Å². The smallest absolute Gasteiger partial charge is 0.298 e. The molecule has 4 aliphatic rings. The van der Waals surface area contributed by atoms with Crippen molar-refractivity contribution < 1.29 is 19.7 Å². The van der Waals surface area contributed by atoms with Crippen LogP contribution >= 0.6 is 0 Å². The third kappa shape index (κ3) is 3.98. The standard InChI is InChI=1S/C36H38N2O4/c1-23-9-10-26(19-24(23)2)11-14-32(40)37(3)28-21-31-35-16-18-38(17-15-25-7-5-4-6-8-25)30(36(35,41)22-28)20-27-12-13-29(39)34(42-31)33(27)35/h4-10,12-13,19,28,30-31,39,41H,15-18,20-22H2,1-3H3/t28-,30-,31+,35-,36-/m1/s1. The van der Waals surface area contributed by atoms with E-state index in [1.54, 1.807) is 18.0 Å². The fourth-order valence-electron chi connectivity index (χ4n) is 8.31. The number of carbonyl (C=O) groups is 1. The Bertz CT molecular complexity index is 1620. The molecule has 2 bridgehead atoms. The second-order valence-corrected chi connectivity index (χ2v) is 12.8. The van der Waals surface area contributed by atoms with E-state index in [1.165, 1.54) is 11.1 Å². The van der Waals surface area contributed by atoms with Gasteiger partial charge in [-0.3, -0.25) is 9.69 Å². The summed E-state index contributed by atoms with van der Waals surface area (Å²) >= 11 is 0. The molecule has 2 fully saturated rings. The lowest BCUT2D eigenvalue weighted by molar-refractivity contribution is -0.197. The molecule has 1 saturated heterocycles. The van der Waals surface area contributed by atoms with E-state index < -0.39 is 11.0 Å². The van der Waals surface area contributed by atoms with Gasteiger partial charge in [0.25, 0.3) is 5.91 Å². The Morgan fingerprint density at radius 3 is 2.71 bits per heavy atom. The first-order chi connectivity index (χ1) is 20.2. The molecule has 6 heteroatoms. The van der Waals surface area contributed by atoms with Crippen molar-refractivity contribution in [1.82, 2.24) is 9.80 Å². The first kappa shape index (κ1) is 27.1. The number of hydrogen-bond donors (Lipinski definition) is 2. The number of likely N-dealkylation sites (tertiary alicyclic amines) is 1. The lowest BCUT2D eigenvalue weighted by Crippen LogP contribution is -2.77. The molecular formula is C36H38N2O4. The molecule has 2 aliphatic heterocycles. The third-order valence-corrected chi connectivity index (χ3v) is 10.7. The van der Waals surface area contributed by atoms with Gasteiger partial charge in [0.2, 0.25) is 0 Å². The van der Waals surface area contributed by atoms with Crippen molar-refractivity contribution in [1.29, 1.82) is 0 Å². The number of aromatic hydroxyl groups is 1. The van der Waals surface area contributed by atoms with Gasteiger partial charge in [-0.25, -0.2) is 0 Å². The van der Waals surface area contributed by atoms with Gasteiger partial charge in [0.05, 0.1) is 11.0 Å². The highest BCUT2D eigenvalue weighted by molar-refractivity contribution is 5.94. The van der Waals surface area contributed by atoms with Gasteiger partial charge in [-0.05, 0) is 86.5 Å². The summed E-state index contributed by atoms with van der Waals surface area (Å²) in [5.41, 5.74) is 4.87.